The Bertz CT molecular complexity index is 1470. The summed E-state index contributed by atoms with van der Waals surface area (Å²) in [6, 6.07) is 14.5. The minimum atomic E-state index is -3.75. The lowest BCUT2D eigenvalue weighted by atomic mass is 9.87. The van der Waals surface area contributed by atoms with Crippen LogP contribution in [0.2, 0.25) is 0 Å². The van der Waals surface area contributed by atoms with E-state index in [9.17, 15) is 13.2 Å². The van der Waals surface area contributed by atoms with Gasteiger partial charge in [-0.05, 0) is 46.9 Å². The third-order valence-electron chi connectivity index (χ3n) is 5.47. The number of nitrogens with zero attached hydrogens (tertiary/aromatic N) is 3. The molecule has 0 bridgehead atoms. The molecule has 0 aliphatic rings. The Morgan fingerprint density at radius 2 is 1.71 bits per heavy atom. The predicted octanol–water partition coefficient (Wildman–Crippen LogP) is 5.44. The first-order chi connectivity index (χ1) is 15.9. The van der Waals surface area contributed by atoms with Crippen molar-refractivity contribution in [3.8, 4) is 11.1 Å². The minimum Gasteiger partial charge on any atom is -0.302 e. The van der Waals surface area contributed by atoms with Gasteiger partial charge in [0.05, 0.1) is 27.0 Å². The highest BCUT2D eigenvalue weighted by molar-refractivity contribution is 7.92. The Morgan fingerprint density at radius 3 is 2.35 bits per heavy atom. The highest BCUT2D eigenvalue weighted by Crippen LogP contribution is 2.32. The van der Waals surface area contributed by atoms with Crippen LogP contribution in [0, 0.1) is 0 Å². The summed E-state index contributed by atoms with van der Waals surface area (Å²) >= 11 is 1.38. The minimum absolute atomic E-state index is 0.0610. The smallest absolute Gasteiger partial charge is 0.264 e. The second-order valence-corrected chi connectivity index (χ2v) is 12.1. The molecule has 1 amide bonds. The molecule has 0 radical (unpaired) electrons. The number of rotatable bonds is 5. The third kappa shape index (κ3) is 4.80. The van der Waals surface area contributed by atoms with E-state index in [1.54, 1.807) is 24.4 Å². The molecular formula is C25H26N4O3S2. The number of thiazole rings is 1. The standard InChI is InChI=1S/C25H26N4O3S2/c1-16(30)27-24-28-22-11-6-17(13-23(22)33-24)18-12-20(15-26-14-18)29(5)34(31,32)21-9-7-19(8-10-21)25(2,3)4/h6-15H,1-5H3,(H,27,28,30). The van der Waals surface area contributed by atoms with Crippen molar-refractivity contribution in [2.45, 2.75) is 38.0 Å². The van der Waals surface area contributed by atoms with Gasteiger partial charge in [-0.2, -0.15) is 0 Å². The molecule has 9 heteroatoms. The van der Waals surface area contributed by atoms with E-state index in [1.165, 1.54) is 35.8 Å². The molecule has 1 N–H and O–H groups in total. The second kappa shape index (κ2) is 8.81. The van der Waals surface area contributed by atoms with E-state index in [0.717, 1.165) is 26.9 Å². The van der Waals surface area contributed by atoms with Gasteiger partial charge >= 0.3 is 0 Å². The maximum atomic E-state index is 13.3. The monoisotopic (exact) mass is 494 g/mol. The summed E-state index contributed by atoms with van der Waals surface area (Å²) in [7, 11) is -2.22. The van der Waals surface area contributed by atoms with Crippen LogP contribution in [0.5, 0.6) is 0 Å². The maximum absolute atomic E-state index is 13.3. The average Bonchev–Trinajstić information content (AvgIpc) is 3.18. The Hall–Kier alpha value is -3.30. The molecule has 7 nitrogen and oxygen atoms in total. The molecule has 2 heterocycles. The van der Waals surface area contributed by atoms with Gasteiger partial charge in [-0.25, -0.2) is 13.4 Å². The molecule has 0 aliphatic heterocycles. The van der Waals surface area contributed by atoms with Crippen LogP contribution in [0.25, 0.3) is 21.3 Å². The van der Waals surface area contributed by atoms with Gasteiger partial charge in [0.25, 0.3) is 10.0 Å². The number of aromatic nitrogens is 2. The number of anilines is 2. The highest BCUT2D eigenvalue weighted by Gasteiger charge is 2.23. The number of amides is 1. The lowest BCUT2D eigenvalue weighted by Gasteiger charge is -2.22. The lowest BCUT2D eigenvalue weighted by Crippen LogP contribution is -2.26. The summed E-state index contributed by atoms with van der Waals surface area (Å²) in [6.07, 6.45) is 3.23. The summed E-state index contributed by atoms with van der Waals surface area (Å²) in [5.74, 6) is -0.173. The molecule has 4 rings (SSSR count). The first-order valence-electron chi connectivity index (χ1n) is 10.7. The van der Waals surface area contributed by atoms with Crippen LogP contribution in [0.3, 0.4) is 0 Å². The number of hydrogen-bond donors (Lipinski definition) is 1. The Kier molecular flexibility index (Phi) is 6.18. The molecule has 0 aliphatic carbocycles. The number of nitrogens with one attached hydrogen (secondary N) is 1. The molecule has 0 saturated heterocycles. The number of hydrogen-bond acceptors (Lipinski definition) is 6. The van der Waals surface area contributed by atoms with Crippen LogP contribution in [0.4, 0.5) is 10.8 Å². The molecule has 0 atom stereocenters. The van der Waals surface area contributed by atoms with Gasteiger partial charge < -0.3 is 5.32 Å². The molecule has 0 unspecified atom stereocenters. The summed E-state index contributed by atoms with van der Waals surface area (Å²) in [5.41, 5.74) is 3.90. The van der Waals surface area contributed by atoms with E-state index < -0.39 is 10.0 Å². The van der Waals surface area contributed by atoms with Crippen LogP contribution < -0.4 is 9.62 Å². The van der Waals surface area contributed by atoms with Crippen molar-refractivity contribution >= 4 is 48.3 Å². The normalized spacial score (nSPS) is 12.0. The van der Waals surface area contributed by atoms with Crippen LogP contribution in [0.15, 0.2) is 65.8 Å². The van der Waals surface area contributed by atoms with E-state index in [2.05, 4.69) is 36.1 Å². The fourth-order valence-corrected chi connectivity index (χ4v) is 5.61. The zero-order valence-electron chi connectivity index (χ0n) is 19.7. The molecule has 0 fully saturated rings. The van der Waals surface area contributed by atoms with Crippen molar-refractivity contribution in [2.24, 2.45) is 0 Å². The molecule has 34 heavy (non-hydrogen) atoms. The number of carbonyl (C=O) groups is 1. The van der Waals surface area contributed by atoms with Crippen LogP contribution in [-0.2, 0) is 20.2 Å². The topological polar surface area (TPSA) is 92.3 Å². The lowest BCUT2D eigenvalue weighted by molar-refractivity contribution is -0.114. The van der Waals surface area contributed by atoms with Gasteiger partial charge in [0.2, 0.25) is 5.91 Å². The highest BCUT2D eigenvalue weighted by atomic mass is 32.2. The summed E-state index contributed by atoms with van der Waals surface area (Å²) in [6.45, 7) is 7.70. The Balaban J connectivity index is 1.64. The van der Waals surface area contributed by atoms with Gasteiger partial charge in [0, 0.05) is 25.7 Å². The quantitative estimate of drug-likeness (QED) is 0.399. The zero-order chi connectivity index (χ0) is 24.7. The number of carbonyl (C=O) groups excluding carboxylic acids is 1. The molecule has 176 valence electrons. The number of pyridine rings is 1. The van der Waals surface area contributed by atoms with E-state index in [4.69, 9.17) is 0 Å². The van der Waals surface area contributed by atoms with Crippen molar-refractivity contribution in [1.29, 1.82) is 0 Å². The van der Waals surface area contributed by atoms with Crippen molar-refractivity contribution < 1.29 is 13.2 Å². The fourth-order valence-electron chi connectivity index (χ4n) is 3.49. The number of sulfonamides is 1. The Morgan fingerprint density at radius 1 is 1.00 bits per heavy atom. The molecule has 0 spiro atoms. The summed E-state index contributed by atoms with van der Waals surface area (Å²) in [4.78, 5) is 20.2. The van der Waals surface area contributed by atoms with E-state index in [0.29, 0.717) is 10.8 Å². The largest absolute Gasteiger partial charge is 0.302 e. The average molecular weight is 495 g/mol. The zero-order valence-corrected chi connectivity index (χ0v) is 21.3. The SMILES string of the molecule is CC(=O)Nc1nc2ccc(-c3cncc(N(C)S(=O)(=O)c4ccc(C(C)(C)C)cc4)c3)cc2s1. The van der Waals surface area contributed by atoms with E-state index in [-0.39, 0.29) is 16.2 Å². The Labute approximate surface area is 203 Å². The summed E-state index contributed by atoms with van der Waals surface area (Å²) < 4.78 is 28.7. The molecule has 0 saturated carbocycles. The number of fused-ring (bicyclic) bond motifs is 1. The molecular weight excluding hydrogens is 468 g/mol. The molecule has 2 aromatic carbocycles. The first kappa shape index (κ1) is 23.8. The van der Waals surface area contributed by atoms with E-state index >= 15 is 0 Å². The van der Waals surface area contributed by atoms with Gasteiger partial charge in [0.1, 0.15) is 0 Å². The van der Waals surface area contributed by atoms with Gasteiger partial charge in [-0.15, -0.1) is 0 Å². The fraction of sp³-hybridized carbons (Fsp3) is 0.240. The van der Waals surface area contributed by atoms with E-state index in [1.807, 2.05) is 30.3 Å². The van der Waals surface area contributed by atoms with Gasteiger partial charge in [-0.3, -0.25) is 14.1 Å². The van der Waals surface area contributed by atoms with Crippen molar-refractivity contribution in [3.05, 3.63) is 66.5 Å². The van der Waals surface area contributed by atoms with Crippen molar-refractivity contribution in [2.75, 3.05) is 16.7 Å². The van der Waals surface area contributed by atoms with Crippen molar-refractivity contribution in [1.82, 2.24) is 9.97 Å². The van der Waals surface area contributed by atoms with Crippen LogP contribution in [0.1, 0.15) is 33.3 Å². The predicted molar refractivity (Wildman–Crippen MR) is 138 cm³/mol. The third-order valence-corrected chi connectivity index (χ3v) is 8.20. The number of benzene rings is 2. The van der Waals surface area contributed by atoms with Gasteiger partial charge in [-0.1, -0.05) is 50.3 Å². The van der Waals surface area contributed by atoms with Crippen LogP contribution >= 0.6 is 11.3 Å². The van der Waals surface area contributed by atoms with Crippen molar-refractivity contribution in [3.63, 3.8) is 0 Å². The maximum Gasteiger partial charge on any atom is 0.264 e. The first-order valence-corrected chi connectivity index (χ1v) is 12.9. The van der Waals surface area contributed by atoms with Gasteiger partial charge in [0.15, 0.2) is 5.13 Å². The molecule has 2 aromatic heterocycles. The summed E-state index contributed by atoms with van der Waals surface area (Å²) in [5, 5.41) is 3.24. The second-order valence-electron chi connectivity index (χ2n) is 9.06. The van der Waals surface area contributed by atoms with Crippen LogP contribution in [-0.4, -0.2) is 31.3 Å². The molecule has 4 aromatic rings.